The van der Waals surface area contributed by atoms with Crippen molar-refractivity contribution in [2.45, 2.75) is 19.4 Å². The molecular formula is C23H23N3O4. The van der Waals surface area contributed by atoms with Crippen LogP contribution in [0, 0.1) is 0 Å². The first-order valence-corrected chi connectivity index (χ1v) is 10.1. The molecule has 2 aromatic carbocycles. The summed E-state index contributed by atoms with van der Waals surface area (Å²) in [4.78, 5) is 17.0. The SMILES string of the molecule is CCN(CC)c1ccc2c(c1)Oc1onc(N(C)C)c1C21OC(=O)c2ccccc21. The molecule has 1 spiro atoms. The summed E-state index contributed by atoms with van der Waals surface area (Å²) >= 11 is 0. The summed E-state index contributed by atoms with van der Waals surface area (Å²) < 4.78 is 17.9. The molecule has 2 aliphatic heterocycles. The first-order chi connectivity index (χ1) is 14.5. The lowest BCUT2D eigenvalue weighted by atomic mass is 9.78. The quantitative estimate of drug-likeness (QED) is 0.604. The second-order valence-electron chi connectivity index (χ2n) is 7.63. The van der Waals surface area contributed by atoms with Crippen molar-refractivity contribution in [1.82, 2.24) is 5.16 Å². The Morgan fingerprint density at radius 1 is 1.03 bits per heavy atom. The van der Waals surface area contributed by atoms with Crippen LogP contribution in [0.2, 0.25) is 0 Å². The number of benzene rings is 2. The molecule has 2 aliphatic rings. The van der Waals surface area contributed by atoms with Gasteiger partial charge in [-0.05, 0) is 32.0 Å². The number of carbonyl (C=O) groups excluding carboxylic acids is 1. The second-order valence-corrected chi connectivity index (χ2v) is 7.63. The van der Waals surface area contributed by atoms with Gasteiger partial charge in [0, 0.05) is 50.1 Å². The number of nitrogens with zero attached hydrogens (tertiary/aromatic N) is 3. The molecular weight excluding hydrogens is 382 g/mol. The Bertz CT molecular complexity index is 1150. The van der Waals surface area contributed by atoms with Gasteiger partial charge in [0.2, 0.25) is 5.60 Å². The van der Waals surface area contributed by atoms with Crippen LogP contribution < -0.4 is 14.5 Å². The van der Waals surface area contributed by atoms with E-state index in [1.807, 2.05) is 55.4 Å². The van der Waals surface area contributed by atoms with E-state index in [4.69, 9.17) is 14.0 Å². The summed E-state index contributed by atoms with van der Waals surface area (Å²) in [6, 6.07) is 13.4. The number of ether oxygens (including phenoxy) is 2. The molecule has 0 saturated carbocycles. The Labute approximate surface area is 174 Å². The lowest BCUT2D eigenvalue weighted by Gasteiger charge is -2.35. The van der Waals surface area contributed by atoms with Crippen LogP contribution in [-0.2, 0) is 10.3 Å². The number of anilines is 2. The van der Waals surface area contributed by atoms with Crippen LogP contribution in [0.25, 0.3) is 0 Å². The topological polar surface area (TPSA) is 68.0 Å². The summed E-state index contributed by atoms with van der Waals surface area (Å²) in [5.41, 5.74) is 2.53. The molecule has 3 aromatic rings. The number of hydrogen-bond donors (Lipinski definition) is 0. The van der Waals surface area contributed by atoms with E-state index in [-0.39, 0.29) is 11.9 Å². The molecule has 0 fully saturated rings. The Hall–Kier alpha value is -3.48. The average Bonchev–Trinajstić information content (AvgIpc) is 3.30. The highest BCUT2D eigenvalue weighted by atomic mass is 16.6. The number of fused-ring (bicyclic) bond motifs is 6. The van der Waals surface area contributed by atoms with E-state index in [0.29, 0.717) is 22.7 Å². The maximum Gasteiger partial charge on any atom is 0.340 e. The van der Waals surface area contributed by atoms with Crippen LogP contribution in [0.1, 0.15) is 40.9 Å². The zero-order valence-electron chi connectivity index (χ0n) is 17.4. The monoisotopic (exact) mass is 405 g/mol. The molecule has 1 atom stereocenters. The molecule has 5 rings (SSSR count). The van der Waals surface area contributed by atoms with Gasteiger partial charge in [-0.1, -0.05) is 23.4 Å². The molecule has 0 aliphatic carbocycles. The Balaban J connectivity index is 1.81. The first-order valence-electron chi connectivity index (χ1n) is 10.1. The minimum atomic E-state index is -1.17. The van der Waals surface area contributed by atoms with Gasteiger partial charge in [0.05, 0.1) is 5.56 Å². The number of rotatable bonds is 4. The minimum Gasteiger partial charge on any atom is -0.440 e. The predicted molar refractivity (Wildman–Crippen MR) is 113 cm³/mol. The second kappa shape index (κ2) is 6.52. The van der Waals surface area contributed by atoms with Crippen LogP contribution in [0.4, 0.5) is 11.5 Å². The van der Waals surface area contributed by atoms with Crippen LogP contribution in [0.15, 0.2) is 47.0 Å². The van der Waals surface area contributed by atoms with E-state index < -0.39 is 5.60 Å². The van der Waals surface area contributed by atoms with Crippen molar-refractivity contribution < 1.29 is 18.8 Å². The zero-order valence-corrected chi connectivity index (χ0v) is 17.4. The van der Waals surface area contributed by atoms with Gasteiger partial charge in [-0.25, -0.2) is 4.79 Å². The number of esters is 1. The normalized spacial score (nSPS) is 18.3. The van der Waals surface area contributed by atoms with Gasteiger partial charge in [-0.3, -0.25) is 0 Å². The summed E-state index contributed by atoms with van der Waals surface area (Å²) in [5, 5.41) is 4.21. The maximum absolute atomic E-state index is 12.9. The lowest BCUT2D eigenvalue weighted by molar-refractivity contribution is 0.0216. The number of hydrogen-bond acceptors (Lipinski definition) is 7. The van der Waals surface area contributed by atoms with Gasteiger partial charge in [0.25, 0.3) is 0 Å². The molecule has 7 heteroatoms. The van der Waals surface area contributed by atoms with Gasteiger partial charge in [-0.15, -0.1) is 0 Å². The number of carbonyl (C=O) groups is 1. The fourth-order valence-electron chi connectivity index (χ4n) is 4.45. The third-order valence-electron chi connectivity index (χ3n) is 5.87. The van der Waals surface area contributed by atoms with E-state index >= 15 is 0 Å². The van der Waals surface area contributed by atoms with Crippen molar-refractivity contribution in [1.29, 1.82) is 0 Å². The van der Waals surface area contributed by atoms with Gasteiger partial charge in [-0.2, -0.15) is 0 Å². The number of aromatic nitrogens is 1. The molecule has 7 nitrogen and oxygen atoms in total. The molecule has 0 radical (unpaired) electrons. The lowest BCUT2D eigenvalue weighted by Crippen LogP contribution is -2.34. The van der Waals surface area contributed by atoms with E-state index in [2.05, 4.69) is 23.9 Å². The molecule has 0 saturated heterocycles. The van der Waals surface area contributed by atoms with Crippen LogP contribution in [-0.4, -0.2) is 38.3 Å². The van der Waals surface area contributed by atoms with E-state index in [1.54, 1.807) is 6.07 Å². The Morgan fingerprint density at radius 3 is 2.53 bits per heavy atom. The first kappa shape index (κ1) is 18.5. The molecule has 0 bridgehead atoms. The van der Waals surface area contributed by atoms with Crippen LogP contribution >= 0.6 is 0 Å². The molecule has 0 N–H and O–H groups in total. The fourth-order valence-corrected chi connectivity index (χ4v) is 4.45. The third kappa shape index (κ3) is 2.32. The van der Waals surface area contributed by atoms with Crippen LogP contribution in [0.3, 0.4) is 0 Å². The van der Waals surface area contributed by atoms with Gasteiger partial charge in [0.1, 0.15) is 11.3 Å². The Morgan fingerprint density at radius 2 is 1.80 bits per heavy atom. The summed E-state index contributed by atoms with van der Waals surface area (Å²) in [6.07, 6.45) is 0. The van der Waals surface area contributed by atoms with Crippen molar-refractivity contribution in [3.8, 4) is 11.7 Å². The zero-order chi connectivity index (χ0) is 21.0. The van der Waals surface area contributed by atoms with E-state index in [9.17, 15) is 4.79 Å². The summed E-state index contributed by atoms with van der Waals surface area (Å²) in [5.74, 6) is 1.03. The molecule has 30 heavy (non-hydrogen) atoms. The average molecular weight is 405 g/mol. The standard InChI is InChI=1S/C23H23N3O4/c1-5-26(6-2)14-11-12-17-18(13-14)28-22-19(20(24-30-22)25(3)4)23(17)16-10-8-7-9-15(16)21(27)29-23/h7-13H,5-6H2,1-4H3. The van der Waals surface area contributed by atoms with Gasteiger partial charge in [0.15, 0.2) is 5.82 Å². The maximum atomic E-state index is 12.9. The highest BCUT2D eigenvalue weighted by Crippen LogP contribution is 2.58. The van der Waals surface area contributed by atoms with Crippen LogP contribution in [0.5, 0.6) is 11.7 Å². The van der Waals surface area contributed by atoms with Gasteiger partial charge < -0.3 is 23.8 Å². The fraction of sp³-hybridized carbons (Fsp3) is 0.304. The third-order valence-corrected chi connectivity index (χ3v) is 5.87. The van der Waals surface area contributed by atoms with Crippen molar-refractivity contribution in [2.24, 2.45) is 0 Å². The summed E-state index contributed by atoms with van der Waals surface area (Å²) in [7, 11) is 3.74. The molecule has 0 amide bonds. The largest absolute Gasteiger partial charge is 0.440 e. The van der Waals surface area contributed by atoms with Crippen molar-refractivity contribution in [3.63, 3.8) is 0 Å². The molecule has 1 aromatic heterocycles. The predicted octanol–water partition coefficient (Wildman–Crippen LogP) is 4.15. The van der Waals surface area contributed by atoms with Gasteiger partial charge >= 0.3 is 11.9 Å². The molecule has 3 heterocycles. The molecule has 1 unspecified atom stereocenters. The molecule has 154 valence electrons. The van der Waals surface area contributed by atoms with E-state index in [1.165, 1.54) is 0 Å². The van der Waals surface area contributed by atoms with Crippen molar-refractivity contribution in [3.05, 3.63) is 64.7 Å². The van der Waals surface area contributed by atoms with Crippen molar-refractivity contribution in [2.75, 3.05) is 37.0 Å². The van der Waals surface area contributed by atoms with Crippen molar-refractivity contribution >= 4 is 17.5 Å². The minimum absolute atomic E-state index is 0.243. The highest BCUT2D eigenvalue weighted by Gasteiger charge is 2.57. The van der Waals surface area contributed by atoms with E-state index in [0.717, 1.165) is 29.9 Å². The smallest absolute Gasteiger partial charge is 0.340 e. The Kier molecular flexibility index (Phi) is 4.03. The summed E-state index contributed by atoms with van der Waals surface area (Å²) in [6.45, 7) is 5.96. The highest BCUT2D eigenvalue weighted by molar-refractivity contribution is 5.97.